The number of piperidine rings is 1. The minimum absolute atomic E-state index is 0.0558. The van der Waals surface area contributed by atoms with Gasteiger partial charge in [-0.2, -0.15) is 0 Å². The van der Waals surface area contributed by atoms with Gasteiger partial charge < -0.3 is 24.8 Å². The molecule has 2 N–H and O–H groups in total. The van der Waals surface area contributed by atoms with Crippen molar-refractivity contribution in [3.63, 3.8) is 0 Å². The number of halogens is 3. The minimum Gasteiger partial charge on any atom is -0.489 e. The average Bonchev–Trinajstić information content (AvgIpc) is 2.81. The molecule has 1 saturated heterocycles. The second-order valence-electron chi connectivity index (χ2n) is 8.19. The molecule has 2 unspecified atom stereocenters. The lowest BCUT2D eigenvalue weighted by Gasteiger charge is -2.31. The maximum absolute atomic E-state index is 14.6. The Kier molecular flexibility index (Phi) is 10.2. The van der Waals surface area contributed by atoms with Crippen molar-refractivity contribution in [1.82, 2.24) is 10.2 Å². The Morgan fingerprint density at radius 1 is 1.26 bits per heavy atom. The number of carbonyl (C=O) groups excluding carboxylic acids is 2. The van der Waals surface area contributed by atoms with Gasteiger partial charge in [-0.3, -0.25) is 9.59 Å². The predicted octanol–water partition coefficient (Wildman–Crippen LogP) is 4.63. The molecule has 0 bridgehead atoms. The fourth-order valence-electron chi connectivity index (χ4n) is 3.87. The van der Waals surface area contributed by atoms with Gasteiger partial charge in [0.2, 0.25) is 5.91 Å². The lowest BCUT2D eigenvalue weighted by Crippen LogP contribution is -2.45. The summed E-state index contributed by atoms with van der Waals surface area (Å²) in [5.74, 6) is -0.997. The van der Waals surface area contributed by atoms with Crippen LogP contribution in [-0.4, -0.2) is 47.9 Å². The molecule has 1 aliphatic heterocycles. The van der Waals surface area contributed by atoms with E-state index in [-0.39, 0.29) is 50.4 Å². The molecule has 0 spiro atoms. The van der Waals surface area contributed by atoms with Crippen LogP contribution in [0.3, 0.4) is 0 Å². The highest BCUT2D eigenvalue weighted by Gasteiger charge is 2.26. The number of carbonyl (C=O) groups is 2. The van der Waals surface area contributed by atoms with Gasteiger partial charge in [0.1, 0.15) is 12.8 Å². The summed E-state index contributed by atoms with van der Waals surface area (Å²) in [6.07, 6.45) is 0.827. The molecule has 2 atom stereocenters. The second-order valence-corrected chi connectivity index (χ2v) is 9.00. The Hall–Kier alpha value is -2.39. The molecule has 7 nitrogen and oxygen atoms in total. The van der Waals surface area contributed by atoms with Crippen LogP contribution in [0.2, 0.25) is 10.0 Å². The summed E-state index contributed by atoms with van der Waals surface area (Å²) in [7, 11) is 0. The van der Waals surface area contributed by atoms with Gasteiger partial charge in [0.05, 0.1) is 29.6 Å². The van der Waals surface area contributed by atoms with E-state index in [1.807, 2.05) is 0 Å². The van der Waals surface area contributed by atoms with Gasteiger partial charge in [-0.1, -0.05) is 35.3 Å². The van der Waals surface area contributed by atoms with Crippen LogP contribution >= 0.6 is 23.2 Å². The lowest BCUT2D eigenvalue weighted by molar-refractivity contribution is -0.147. The van der Waals surface area contributed by atoms with Crippen LogP contribution in [0.4, 0.5) is 4.39 Å². The highest BCUT2D eigenvalue weighted by molar-refractivity contribution is 6.42. The van der Waals surface area contributed by atoms with E-state index in [4.69, 9.17) is 32.7 Å². The van der Waals surface area contributed by atoms with Gasteiger partial charge in [0.15, 0.2) is 11.6 Å². The summed E-state index contributed by atoms with van der Waals surface area (Å²) in [5.41, 5.74) is 1.40. The standard InChI is InChI=1S/C25H29Cl2FN2O5/c1-2-34-25(33)14-21(17-7-8-18(26)19(27)13-17)29-15-16-6-9-22(20(28)12-16)35-11-10-30-23(31)4-3-5-24(30)32/h6-9,12-13,21,23,29,31H,2-5,10-11,14-15H2,1H3. The topological polar surface area (TPSA) is 88.1 Å². The molecule has 3 rings (SSSR count). The Morgan fingerprint density at radius 2 is 2.06 bits per heavy atom. The van der Waals surface area contributed by atoms with E-state index >= 15 is 0 Å². The molecule has 1 aliphatic rings. The van der Waals surface area contributed by atoms with E-state index < -0.39 is 18.1 Å². The maximum atomic E-state index is 14.6. The number of aliphatic hydroxyl groups excluding tert-OH is 1. The number of ether oxygens (including phenoxy) is 2. The number of benzene rings is 2. The molecule has 35 heavy (non-hydrogen) atoms. The van der Waals surface area contributed by atoms with Gasteiger partial charge in [0, 0.05) is 19.0 Å². The Morgan fingerprint density at radius 3 is 2.74 bits per heavy atom. The number of likely N-dealkylation sites (tertiary alicyclic amines) is 1. The van der Waals surface area contributed by atoms with Crippen LogP contribution in [0, 0.1) is 5.82 Å². The molecular formula is C25H29Cl2FN2O5. The molecule has 0 aliphatic carbocycles. The molecule has 0 aromatic heterocycles. The number of nitrogens with zero attached hydrogens (tertiary/aromatic N) is 1. The van der Waals surface area contributed by atoms with Gasteiger partial charge >= 0.3 is 5.97 Å². The Bertz CT molecular complexity index is 1040. The van der Waals surface area contributed by atoms with Crippen molar-refractivity contribution < 1.29 is 28.6 Å². The fourth-order valence-corrected chi connectivity index (χ4v) is 4.17. The first-order chi connectivity index (χ1) is 16.8. The van der Waals surface area contributed by atoms with Gasteiger partial charge in [0.25, 0.3) is 0 Å². The largest absolute Gasteiger partial charge is 0.489 e. The molecule has 2 aromatic rings. The van der Waals surface area contributed by atoms with Crippen molar-refractivity contribution in [2.45, 2.75) is 51.4 Å². The molecule has 1 fully saturated rings. The average molecular weight is 527 g/mol. The quantitative estimate of drug-likeness (QED) is 0.415. The Labute approximate surface area is 214 Å². The van der Waals surface area contributed by atoms with E-state index in [0.717, 1.165) is 5.56 Å². The predicted molar refractivity (Wildman–Crippen MR) is 131 cm³/mol. The number of rotatable bonds is 11. The first-order valence-corrected chi connectivity index (χ1v) is 12.3. The lowest BCUT2D eigenvalue weighted by atomic mass is 10.0. The van der Waals surface area contributed by atoms with Gasteiger partial charge in [-0.25, -0.2) is 4.39 Å². The molecule has 2 aromatic carbocycles. The highest BCUT2D eigenvalue weighted by atomic mass is 35.5. The van der Waals surface area contributed by atoms with Gasteiger partial charge in [-0.15, -0.1) is 0 Å². The number of esters is 1. The zero-order valence-corrected chi connectivity index (χ0v) is 20.9. The number of amides is 1. The van der Waals surface area contributed by atoms with Crippen LogP contribution in [0.25, 0.3) is 0 Å². The van der Waals surface area contributed by atoms with E-state index in [1.54, 1.807) is 31.2 Å². The maximum Gasteiger partial charge on any atom is 0.307 e. The van der Waals surface area contributed by atoms with E-state index in [9.17, 15) is 19.1 Å². The number of nitrogens with one attached hydrogen (secondary N) is 1. The molecule has 10 heteroatoms. The number of hydrogen-bond donors (Lipinski definition) is 2. The molecule has 190 valence electrons. The third-order valence-corrected chi connectivity index (χ3v) is 6.43. The van der Waals surface area contributed by atoms with Crippen LogP contribution in [0.15, 0.2) is 36.4 Å². The van der Waals surface area contributed by atoms with Crippen molar-refractivity contribution in [2.24, 2.45) is 0 Å². The summed E-state index contributed by atoms with van der Waals surface area (Å²) in [4.78, 5) is 25.4. The number of aliphatic hydroxyl groups is 1. The Balaban J connectivity index is 1.60. The van der Waals surface area contributed by atoms with Crippen molar-refractivity contribution >= 4 is 35.1 Å². The second kappa shape index (κ2) is 13.1. The van der Waals surface area contributed by atoms with Crippen molar-refractivity contribution in [2.75, 3.05) is 19.8 Å². The third kappa shape index (κ3) is 7.80. The summed E-state index contributed by atoms with van der Waals surface area (Å²) in [6, 6.07) is 9.26. The SMILES string of the molecule is CCOC(=O)CC(NCc1ccc(OCCN2C(=O)CCCC2O)c(F)c1)c1ccc(Cl)c(Cl)c1. The molecule has 1 amide bonds. The normalized spacial score (nSPS) is 16.8. The van der Waals surface area contributed by atoms with Crippen molar-refractivity contribution in [3.05, 3.63) is 63.4 Å². The van der Waals surface area contributed by atoms with Crippen molar-refractivity contribution in [3.8, 4) is 5.75 Å². The molecular weight excluding hydrogens is 498 g/mol. The first-order valence-electron chi connectivity index (χ1n) is 11.5. The molecule has 0 saturated carbocycles. The van der Waals surface area contributed by atoms with Crippen molar-refractivity contribution in [1.29, 1.82) is 0 Å². The highest BCUT2D eigenvalue weighted by Crippen LogP contribution is 2.28. The summed E-state index contributed by atoms with van der Waals surface area (Å²) in [5, 5.41) is 14.0. The molecule has 0 radical (unpaired) electrons. The smallest absolute Gasteiger partial charge is 0.307 e. The zero-order valence-electron chi connectivity index (χ0n) is 19.4. The number of hydrogen-bond acceptors (Lipinski definition) is 6. The van der Waals surface area contributed by atoms with Crippen LogP contribution < -0.4 is 10.1 Å². The summed E-state index contributed by atoms with van der Waals surface area (Å²) < 4.78 is 25.2. The summed E-state index contributed by atoms with van der Waals surface area (Å²) >= 11 is 12.2. The third-order valence-electron chi connectivity index (χ3n) is 5.69. The van der Waals surface area contributed by atoms with Gasteiger partial charge in [-0.05, 0) is 55.2 Å². The summed E-state index contributed by atoms with van der Waals surface area (Å²) in [6.45, 7) is 2.52. The molecule has 1 heterocycles. The van der Waals surface area contributed by atoms with Crippen LogP contribution in [0.5, 0.6) is 5.75 Å². The monoisotopic (exact) mass is 526 g/mol. The minimum atomic E-state index is -0.823. The van der Waals surface area contributed by atoms with E-state index in [2.05, 4.69) is 5.32 Å². The van der Waals surface area contributed by atoms with Crippen LogP contribution in [-0.2, 0) is 20.9 Å². The van der Waals surface area contributed by atoms with E-state index in [0.29, 0.717) is 34.9 Å². The zero-order chi connectivity index (χ0) is 25.4. The first kappa shape index (κ1) is 27.2. The van der Waals surface area contributed by atoms with E-state index in [1.165, 1.54) is 17.0 Å². The van der Waals surface area contributed by atoms with Crippen LogP contribution in [0.1, 0.15) is 49.8 Å². The fraction of sp³-hybridized carbons (Fsp3) is 0.440.